The average molecular weight is 471 g/mol. The zero-order valence-electron chi connectivity index (χ0n) is 18.7. The van der Waals surface area contributed by atoms with Gasteiger partial charge >= 0.3 is 11.9 Å². The number of amides is 2. The number of hydrogen-bond acceptors (Lipinski definition) is 9. The molecular formula is C22H25N5O7. The van der Waals surface area contributed by atoms with E-state index in [1.807, 2.05) is 0 Å². The van der Waals surface area contributed by atoms with Crippen LogP contribution >= 0.6 is 0 Å². The SMILES string of the molecule is COC(=O)CCC(NC(=O)c1ccc(CCC2C(=O)Nc3nc(N)[nH]c(=O)c32)cc1)C(=O)OC. The quantitative estimate of drug-likeness (QED) is 0.372. The van der Waals surface area contributed by atoms with Crippen LogP contribution in [0.2, 0.25) is 0 Å². The van der Waals surface area contributed by atoms with E-state index in [1.54, 1.807) is 24.3 Å². The fourth-order valence-corrected chi connectivity index (χ4v) is 3.66. The van der Waals surface area contributed by atoms with Gasteiger partial charge in [-0.25, -0.2) is 4.79 Å². The molecule has 2 unspecified atom stereocenters. The second-order valence-electron chi connectivity index (χ2n) is 7.65. The van der Waals surface area contributed by atoms with Crippen LogP contribution in [0.3, 0.4) is 0 Å². The lowest BCUT2D eigenvalue weighted by Gasteiger charge is -2.16. The van der Waals surface area contributed by atoms with Crippen LogP contribution in [0.1, 0.15) is 46.7 Å². The van der Waals surface area contributed by atoms with Crippen LogP contribution in [0.5, 0.6) is 0 Å². The molecule has 1 aliphatic rings. The van der Waals surface area contributed by atoms with Crippen LogP contribution in [0.4, 0.5) is 11.8 Å². The molecule has 2 aromatic rings. The molecule has 12 heteroatoms. The molecule has 0 saturated carbocycles. The van der Waals surface area contributed by atoms with Crippen LogP contribution < -0.4 is 21.9 Å². The molecule has 0 spiro atoms. The summed E-state index contributed by atoms with van der Waals surface area (Å²) in [6, 6.07) is 5.59. The Morgan fingerprint density at radius 1 is 1.15 bits per heavy atom. The fourth-order valence-electron chi connectivity index (χ4n) is 3.66. The van der Waals surface area contributed by atoms with Crippen molar-refractivity contribution in [3.8, 4) is 0 Å². The summed E-state index contributed by atoms with van der Waals surface area (Å²) < 4.78 is 9.25. The van der Waals surface area contributed by atoms with Gasteiger partial charge in [0.15, 0.2) is 0 Å². The van der Waals surface area contributed by atoms with E-state index in [2.05, 4.69) is 30.1 Å². The van der Waals surface area contributed by atoms with E-state index < -0.39 is 35.4 Å². The summed E-state index contributed by atoms with van der Waals surface area (Å²) in [5.74, 6) is -2.57. The molecule has 3 rings (SSSR count). The number of carbonyl (C=O) groups is 4. The number of aromatic amines is 1. The van der Waals surface area contributed by atoms with Crippen LogP contribution in [0.25, 0.3) is 0 Å². The third-order valence-corrected chi connectivity index (χ3v) is 5.47. The van der Waals surface area contributed by atoms with Crippen molar-refractivity contribution in [1.82, 2.24) is 15.3 Å². The van der Waals surface area contributed by atoms with Crippen molar-refractivity contribution in [2.45, 2.75) is 37.6 Å². The summed E-state index contributed by atoms with van der Waals surface area (Å²) in [6.07, 6.45) is 0.802. The number of aryl methyl sites for hydroxylation is 1. The van der Waals surface area contributed by atoms with Gasteiger partial charge in [0, 0.05) is 12.0 Å². The van der Waals surface area contributed by atoms with Gasteiger partial charge < -0.3 is 25.8 Å². The molecular weight excluding hydrogens is 446 g/mol. The summed E-state index contributed by atoms with van der Waals surface area (Å²) in [5.41, 5.74) is 6.47. The Labute approximate surface area is 194 Å². The van der Waals surface area contributed by atoms with E-state index >= 15 is 0 Å². The molecule has 2 amide bonds. The lowest BCUT2D eigenvalue weighted by molar-refractivity contribution is -0.144. The fraction of sp³-hybridized carbons (Fsp3) is 0.364. The van der Waals surface area contributed by atoms with E-state index in [0.29, 0.717) is 18.4 Å². The maximum atomic E-state index is 12.6. The third kappa shape index (κ3) is 5.57. The maximum absolute atomic E-state index is 12.6. The summed E-state index contributed by atoms with van der Waals surface area (Å²) in [6.45, 7) is 0. The zero-order valence-corrected chi connectivity index (χ0v) is 18.7. The molecule has 2 heterocycles. The van der Waals surface area contributed by atoms with Crippen molar-refractivity contribution in [3.63, 3.8) is 0 Å². The van der Waals surface area contributed by atoms with E-state index in [1.165, 1.54) is 14.2 Å². The van der Waals surface area contributed by atoms with Gasteiger partial charge in [-0.2, -0.15) is 4.98 Å². The second kappa shape index (κ2) is 10.6. The zero-order chi connectivity index (χ0) is 24.8. The number of fused-ring (bicyclic) bond motifs is 1. The molecule has 0 saturated heterocycles. The minimum atomic E-state index is -1.00. The van der Waals surface area contributed by atoms with Gasteiger partial charge in [-0.3, -0.25) is 24.2 Å². The minimum Gasteiger partial charge on any atom is -0.469 e. The maximum Gasteiger partial charge on any atom is 0.328 e. The lowest BCUT2D eigenvalue weighted by atomic mass is 9.94. The number of H-pyrrole nitrogens is 1. The number of aromatic nitrogens is 2. The number of anilines is 2. The number of nitrogen functional groups attached to an aromatic ring is 1. The summed E-state index contributed by atoms with van der Waals surface area (Å²) >= 11 is 0. The normalized spacial score (nSPS) is 15.1. The Kier molecular flexibility index (Phi) is 7.61. The molecule has 0 bridgehead atoms. The van der Waals surface area contributed by atoms with Gasteiger partial charge in [0.05, 0.1) is 25.7 Å². The van der Waals surface area contributed by atoms with Crippen LogP contribution in [0.15, 0.2) is 29.1 Å². The topological polar surface area (TPSA) is 183 Å². The van der Waals surface area contributed by atoms with E-state index in [0.717, 1.165) is 5.56 Å². The summed E-state index contributed by atoms with van der Waals surface area (Å²) in [4.78, 5) is 66.7. The largest absolute Gasteiger partial charge is 0.469 e. The van der Waals surface area contributed by atoms with Crippen LogP contribution in [-0.2, 0) is 30.3 Å². The Balaban J connectivity index is 1.62. The van der Waals surface area contributed by atoms with Crippen LogP contribution in [-0.4, -0.2) is 54.0 Å². The standard InChI is InChI=1S/C22H25N5O7/c1-33-15(28)10-9-14(21(32)34-2)24-18(29)12-6-3-11(4-7-12)5-8-13-16-17(25-19(13)30)26-22(23)27-20(16)31/h3-4,6-7,13-14H,5,8-10H2,1-2H3,(H,24,29)(H4,23,25,26,27,30,31). The van der Waals surface area contributed by atoms with Crippen molar-refractivity contribution >= 4 is 35.5 Å². The van der Waals surface area contributed by atoms with E-state index in [4.69, 9.17) is 5.73 Å². The number of hydrogen-bond donors (Lipinski definition) is 4. The highest BCUT2D eigenvalue weighted by Gasteiger charge is 2.34. The molecule has 2 atom stereocenters. The number of nitrogens with one attached hydrogen (secondary N) is 3. The molecule has 0 aliphatic carbocycles. The third-order valence-electron chi connectivity index (χ3n) is 5.47. The molecule has 1 aromatic carbocycles. The van der Waals surface area contributed by atoms with Crippen molar-refractivity contribution < 1.29 is 28.7 Å². The highest BCUT2D eigenvalue weighted by atomic mass is 16.5. The second-order valence-corrected chi connectivity index (χ2v) is 7.65. The van der Waals surface area contributed by atoms with Crippen molar-refractivity contribution in [2.75, 3.05) is 25.3 Å². The highest BCUT2D eigenvalue weighted by Crippen LogP contribution is 2.31. The van der Waals surface area contributed by atoms with Gasteiger partial charge in [0.2, 0.25) is 11.9 Å². The molecule has 12 nitrogen and oxygen atoms in total. The molecule has 1 aromatic heterocycles. The van der Waals surface area contributed by atoms with Crippen molar-refractivity contribution in [2.24, 2.45) is 0 Å². The Hall–Kier alpha value is -4.22. The number of ether oxygens (including phenoxy) is 2. The van der Waals surface area contributed by atoms with Gasteiger partial charge in [0.1, 0.15) is 11.9 Å². The first-order chi connectivity index (χ1) is 16.2. The highest BCUT2D eigenvalue weighted by molar-refractivity contribution is 6.01. The first-order valence-corrected chi connectivity index (χ1v) is 10.5. The van der Waals surface area contributed by atoms with Gasteiger partial charge in [-0.05, 0) is 37.0 Å². The van der Waals surface area contributed by atoms with E-state index in [9.17, 15) is 24.0 Å². The lowest BCUT2D eigenvalue weighted by Crippen LogP contribution is -2.41. The average Bonchev–Trinajstić information content (AvgIpc) is 3.14. The minimum absolute atomic E-state index is 0.0355. The molecule has 0 fully saturated rings. The number of carbonyl (C=O) groups excluding carboxylic acids is 4. The predicted octanol–water partition coefficient (Wildman–Crippen LogP) is 0.245. The first kappa shape index (κ1) is 24.4. The van der Waals surface area contributed by atoms with Gasteiger partial charge in [-0.1, -0.05) is 12.1 Å². The molecule has 180 valence electrons. The molecule has 1 aliphatic heterocycles. The summed E-state index contributed by atoms with van der Waals surface area (Å²) in [5, 5.41) is 5.13. The number of rotatable bonds is 9. The van der Waals surface area contributed by atoms with Crippen molar-refractivity contribution in [1.29, 1.82) is 0 Å². The molecule has 0 radical (unpaired) electrons. The Morgan fingerprint density at radius 3 is 2.50 bits per heavy atom. The number of methoxy groups -OCH3 is 2. The van der Waals surface area contributed by atoms with Gasteiger partial charge in [0.25, 0.3) is 11.5 Å². The number of nitrogens with zero attached hydrogens (tertiary/aromatic N) is 1. The molecule has 34 heavy (non-hydrogen) atoms. The Bertz CT molecular complexity index is 1160. The number of esters is 2. The number of benzene rings is 1. The molecule has 5 N–H and O–H groups in total. The Morgan fingerprint density at radius 2 is 1.85 bits per heavy atom. The summed E-state index contributed by atoms with van der Waals surface area (Å²) in [7, 11) is 2.43. The number of nitrogens with two attached hydrogens (primary N) is 1. The monoisotopic (exact) mass is 471 g/mol. The van der Waals surface area contributed by atoms with E-state index in [-0.39, 0.29) is 36.1 Å². The first-order valence-electron chi connectivity index (χ1n) is 10.5. The van der Waals surface area contributed by atoms with Crippen LogP contribution in [0, 0.1) is 0 Å². The van der Waals surface area contributed by atoms with Gasteiger partial charge in [-0.15, -0.1) is 0 Å². The van der Waals surface area contributed by atoms with Crippen molar-refractivity contribution in [3.05, 3.63) is 51.3 Å². The smallest absolute Gasteiger partial charge is 0.328 e. The predicted molar refractivity (Wildman–Crippen MR) is 120 cm³/mol.